The summed E-state index contributed by atoms with van der Waals surface area (Å²) in [6.45, 7) is 3.22. The fourth-order valence-corrected chi connectivity index (χ4v) is 3.75. The number of benzene rings is 1. The monoisotopic (exact) mass is 407 g/mol. The van der Waals surface area contributed by atoms with Crippen molar-refractivity contribution in [2.75, 3.05) is 0 Å². The molecule has 7 nitrogen and oxygen atoms in total. The van der Waals surface area contributed by atoms with Crippen LogP contribution in [0, 0.1) is 12.7 Å². The number of nitrogens with zero attached hydrogens (tertiary/aromatic N) is 3. The molecule has 0 amide bonds. The van der Waals surface area contributed by atoms with Crippen molar-refractivity contribution in [3.8, 4) is 0 Å². The lowest BCUT2D eigenvalue weighted by Gasteiger charge is -2.32. The molecule has 148 valence electrons. The molecule has 3 heterocycles. The zero-order valence-corrected chi connectivity index (χ0v) is 15.9. The Labute approximate surface area is 165 Å². The summed E-state index contributed by atoms with van der Waals surface area (Å²) in [5, 5.41) is 32.9. The smallest absolute Gasteiger partial charge is 0.164 e. The van der Waals surface area contributed by atoms with Crippen molar-refractivity contribution >= 4 is 22.6 Å². The molecule has 2 aromatic heterocycles. The van der Waals surface area contributed by atoms with E-state index in [4.69, 9.17) is 16.3 Å². The van der Waals surface area contributed by atoms with Gasteiger partial charge in [0.2, 0.25) is 0 Å². The topological polar surface area (TPSA) is 101 Å². The number of aryl methyl sites for hydroxylation is 1. The molecular formula is C19H19ClFN3O4. The van der Waals surface area contributed by atoms with Crippen LogP contribution >= 0.6 is 11.6 Å². The van der Waals surface area contributed by atoms with Gasteiger partial charge in [-0.1, -0.05) is 17.7 Å². The van der Waals surface area contributed by atoms with Crippen LogP contribution in [0.15, 0.2) is 36.8 Å². The Hall–Kier alpha value is -2.10. The Morgan fingerprint density at radius 2 is 1.96 bits per heavy atom. The molecule has 5 atom stereocenters. The number of halogens is 2. The summed E-state index contributed by atoms with van der Waals surface area (Å²) in [6, 6.07) is 5.63. The number of hydrogen-bond acceptors (Lipinski definition) is 6. The van der Waals surface area contributed by atoms with Crippen molar-refractivity contribution in [1.82, 2.24) is 14.5 Å². The van der Waals surface area contributed by atoms with E-state index in [9.17, 15) is 19.7 Å². The predicted molar refractivity (Wildman–Crippen MR) is 99.2 cm³/mol. The van der Waals surface area contributed by atoms with E-state index in [2.05, 4.69) is 9.97 Å². The third-order valence-corrected chi connectivity index (χ3v) is 5.59. The van der Waals surface area contributed by atoms with E-state index in [0.717, 1.165) is 17.1 Å². The molecule has 0 saturated carbocycles. The Balaban J connectivity index is 1.71. The van der Waals surface area contributed by atoms with E-state index in [0.29, 0.717) is 5.65 Å². The average molecular weight is 408 g/mol. The van der Waals surface area contributed by atoms with E-state index in [1.807, 2.05) is 6.92 Å². The predicted octanol–water partition coefficient (Wildman–Crippen LogP) is 2.06. The lowest BCUT2D eigenvalue weighted by molar-refractivity contribution is -0.136. The molecule has 0 spiro atoms. The largest absolute Gasteiger partial charge is 0.387 e. The van der Waals surface area contributed by atoms with Gasteiger partial charge in [-0.05, 0) is 37.6 Å². The van der Waals surface area contributed by atoms with Crippen molar-refractivity contribution < 1.29 is 24.4 Å². The van der Waals surface area contributed by atoms with Gasteiger partial charge in [0.25, 0.3) is 0 Å². The van der Waals surface area contributed by atoms with Crippen LogP contribution in [0.1, 0.15) is 24.4 Å². The first-order valence-corrected chi connectivity index (χ1v) is 9.07. The SMILES string of the molecule is Cc1ncnc2c1ccn2C1OC(C(C)(O)c2ccc(Cl)c(F)c2)C(O)C1O. The second-order valence-corrected chi connectivity index (χ2v) is 7.53. The van der Waals surface area contributed by atoms with Gasteiger partial charge in [-0.2, -0.15) is 0 Å². The number of rotatable bonds is 3. The number of ether oxygens (including phenoxy) is 1. The van der Waals surface area contributed by atoms with Crippen LogP contribution in [0.2, 0.25) is 5.02 Å². The molecule has 1 aliphatic rings. The lowest BCUT2D eigenvalue weighted by Crippen LogP contribution is -2.45. The summed E-state index contributed by atoms with van der Waals surface area (Å²) in [5.41, 5.74) is -0.325. The third kappa shape index (κ3) is 2.89. The molecule has 28 heavy (non-hydrogen) atoms. The molecule has 5 unspecified atom stereocenters. The molecule has 0 bridgehead atoms. The van der Waals surface area contributed by atoms with Gasteiger partial charge in [0, 0.05) is 11.6 Å². The summed E-state index contributed by atoms with van der Waals surface area (Å²) in [7, 11) is 0. The number of aliphatic hydroxyl groups excluding tert-OH is 2. The van der Waals surface area contributed by atoms with Gasteiger partial charge < -0.3 is 24.6 Å². The van der Waals surface area contributed by atoms with E-state index in [1.165, 1.54) is 25.4 Å². The van der Waals surface area contributed by atoms with Crippen LogP contribution in [-0.2, 0) is 10.3 Å². The highest BCUT2D eigenvalue weighted by atomic mass is 35.5. The van der Waals surface area contributed by atoms with Crippen molar-refractivity contribution in [3.05, 3.63) is 58.9 Å². The van der Waals surface area contributed by atoms with Crippen molar-refractivity contribution in [2.24, 2.45) is 0 Å². The minimum atomic E-state index is -1.78. The minimum absolute atomic E-state index is 0.0841. The summed E-state index contributed by atoms with van der Waals surface area (Å²) >= 11 is 5.71. The molecule has 9 heteroatoms. The van der Waals surface area contributed by atoms with Crippen LogP contribution in [-0.4, -0.2) is 48.2 Å². The van der Waals surface area contributed by atoms with Gasteiger partial charge >= 0.3 is 0 Å². The zero-order valence-electron chi connectivity index (χ0n) is 15.1. The van der Waals surface area contributed by atoms with Crippen molar-refractivity contribution in [2.45, 2.75) is 44.0 Å². The van der Waals surface area contributed by atoms with Crippen LogP contribution in [0.5, 0.6) is 0 Å². The summed E-state index contributed by atoms with van der Waals surface area (Å²) in [5.74, 6) is -0.701. The normalized spacial score (nSPS) is 27.2. The first-order valence-electron chi connectivity index (χ1n) is 8.69. The third-order valence-electron chi connectivity index (χ3n) is 5.28. The molecule has 3 aromatic rings. The molecular weight excluding hydrogens is 389 g/mol. The van der Waals surface area contributed by atoms with Crippen LogP contribution < -0.4 is 0 Å². The Morgan fingerprint density at radius 3 is 2.68 bits per heavy atom. The second kappa shape index (κ2) is 6.75. The summed E-state index contributed by atoms with van der Waals surface area (Å²) < 4.78 is 21.3. The van der Waals surface area contributed by atoms with Gasteiger partial charge in [0.15, 0.2) is 6.23 Å². The van der Waals surface area contributed by atoms with Crippen LogP contribution in [0.4, 0.5) is 4.39 Å². The molecule has 0 aliphatic carbocycles. The standard InChI is InChI=1S/C19H19ClFN3O4/c1-9-11-5-6-24(17(11)23-8-22-9)18-15(26)14(25)16(28-18)19(2,27)10-3-4-12(20)13(21)7-10/h3-8,14-16,18,25-27H,1-2H3. The fourth-order valence-electron chi connectivity index (χ4n) is 3.63. The van der Waals surface area contributed by atoms with Gasteiger partial charge in [-0.25, -0.2) is 14.4 Å². The molecule has 4 rings (SSSR count). The number of fused-ring (bicyclic) bond motifs is 1. The first-order chi connectivity index (χ1) is 13.2. The highest BCUT2D eigenvalue weighted by Crippen LogP contribution is 2.41. The van der Waals surface area contributed by atoms with E-state index in [-0.39, 0.29) is 10.6 Å². The molecule has 1 aromatic carbocycles. The maximum Gasteiger partial charge on any atom is 0.164 e. The van der Waals surface area contributed by atoms with E-state index in [1.54, 1.807) is 16.8 Å². The van der Waals surface area contributed by atoms with Gasteiger partial charge in [0.05, 0.1) is 10.7 Å². The van der Waals surface area contributed by atoms with E-state index >= 15 is 0 Å². The summed E-state index contributed by atoms with van der Waals surface area (Å²) in [4.78, 5) is 8.35. The molecule has 1 fully saturated rings. The molecule has 3 N–H and O–H groups in total. The van der Waals surface area contributed by atoms with E-state index < -0.39 is 36.0 Å². The Kier molecular flexibility index (Phi) is 4.64. The van der Waals surface area contributed by atoms with Crippen molar-refractivity contribution in [3.63, 3.8) is 0 Å². The van der Waals surface area contributed by atoms with Crippen molar-refractivity contribution in [1.29, 1.82) is 0 Å². The Bertz CT molecular complexity index is 1040. The highest BCUT2D eigenvalue weighted by Gasteiger charge is 2.52. The maximum atomic E-state index is 13.9. The zero-order chi connectivity index (χ0) is 20.2. The Morgan fingerprint density at radius 1 is 1.21 bits per heavy atom. The molecule has 1 saturated heterocycles. The van der Waals surface area contributed by atoms with Crippen LogP contribution in [0.3, 0.4) is 0 Å². The van der Waals surface area contributed by atoms with Gasteiger partial charge in [0.1, 0.15) is 41.7 Å². The number of aromatic nitrogens is 3. The number of aliphatic hydroxyl groups is 3. The molecule has 0 radical (unpaired) electrons. The summed E-state index contributed by atoms with van der Waals surface area (Å²) in [6.07, 6.45) is -1.88. The second-order valence-electron chi connectivity index (χ2n) is 7.12. The first kappa shape index (κ1) is 19.2. The van der Waals surface area contributed by atoms with Gasteiger partial charge in [-0.3, -0.25) is 0 Å². The quantitative estimate of drug-likeness (QED) is 0.614. The fraction of sp³-hybridized carbons (Fsp3) is 0.368. The average Bonchev–Trinajstić information content (AvgIpc) is 3.20. The van der Waals surface area contributed by atoms with Gasteiger partial charge in [-0.15, -0.1) is 0 Å². The highest BCUT2D eigenvalue weighted by molar-refractivity contribution is 6.30. The van der Waals surface area contributed by atoms with Crippen LogP contribution in [0.25, 0.3) is 11.0 Å². The molecule has 1 aliphatic heterocycles. The maximum absolute atomic E-state index is 13.9. The minimum Gasteiger partial charge on any atom is -0.387 e. The lowest BCUT2D eigenvalue weighted by atomic mass is 9.86. The number of hydrogen-bond donors (Lipinski definition) is 3.